The lowest BCUT2D eigenvalue weighted by atomic mass is 10.0. The van der Waals surface area contributed by atoms with E-state index in [1.54, 1.807) is 48.5 Å². The van der Waals surface area contributed by atoms with Crippen molar-refractivity contribution in [3.63, 3.8) is 0 Å². The minimum atomic E-state index is -1.15. The van der Waals surface area contributed by atoms with Gasteiger partial charge in [-0.3, -0.25) is 19.3 Å². The molecule has 2 aliphatic heterocycles. The summed E-state index contributed by atoms with van der Waals surface area (Å²) in [5, 5.41) is 15.0. The highest BCUT2D eigenvalue weighted by Crippen LogP contribution is 2.30. The summed E-state index contributed by atoms with van der Waals surface area (Å²) < 4.78 is 5.41. The van der Waals surface area contributed by atoms with Gasteiger partial charge in [0.1, 0.15) is 18.4 Å². The number of carbonyl (C=O) groups is 5. The van der Waals surface area contributed by atoms with Crippen LogP contribution in [-0.4, -0.2) is 57.3 Å². The predicted molar refractivity (Wildman–Crippen MR) is 166 cm³/mol. The summed E-state index contributed by atoms with van der Waals surface area (Å²) in [5.74, 6) is -1.78. The van der Waals surface area contributed by atoms with Gasteiger partial charge >= 0.3 is 12.0 Å². The molecule has 45 heavy (non-hydrogen) atoms. The zero-order valence-electron chi connectivity index (χ0n) is 24.5. The number of urea groups is 1. The van der Waals surface area contributed by atoms with Gasteiger partial charge < -0.3 is 25.4 Å². The van der Waals surface area contributed by atoms with Crippen LogP contribution in [0.4, 0.5) is 10.5 Å². The number of aryl methyl sites for hydroxylation is 1. The summed E-state index contributed by atoms with van der Waals surface area (Å²) in [7, 11) is 0. The molecule has 5 amide bonds. The van der Waals surface area contributed by atoms with Crippen molar-refractivity contribution >= 4 is 47.0 Å². The van der Waals surface area contributed by atoms with Crippen molar-refractivity contribution < 1.29 is 33.8 Å². The predicted octanol–water partition coefficient (Wildman–Crippen LogP) is 4.66. The molecule has 0 saturated carbocycles. The van der Waals surface area contributed by atoms with Gasteiger partial charge in [-0.25, -0.2) is 9.59 Å². The number of imide groups is 1. The Hall–Kier alpha value is -5.16. The average molecular weight is 631 g/mol. The molecule has 2 heterocycles. The highest BCUT2D eigenvalue weighted by atomic mass is 35.5. The van der Waals surface area contributed by atoms with Crippen molar-refractivity contribution in [1.82, 2.24) is 15.1 Å². The van der Waals surface area contributed by atoms with Crippen LogP contribution in [0.3, 0.4) is 0 Å². The lowest BCUT2D eigenvalue weighted by Gasteiger charge is -2.35. The number of nitrogens with zero attached hydrogens (tertiary/aromatic N) is 2. The van der Waals surface area contributed by atoms with Crippen LogP contribution >= 0.6 is 11.6 Å². The first-order chi connectivity index (χ1) is 21.5. The van der Waals surface area contributed by atoms with Gasteiger partial charge in [0.15, 0.2) is 0 Å². The number of fused-ring (bicyclic) bond motifs is 1. The van der Waals surface area contributed by atoms with E-state index >= 15 is 0 Å². The molecule has 0 bridgehead atoms. The minimum Gasteiger partial charge on any atom is -0.489 e. The molecule has 3 aromatic rings. The standard InChI is InChI=1S/C33H31ClN4O7/c1-19-3-7-24(14-27(19)34)36-33(44)35-15-22-6-10-26-23(13-22)17-37(30(26)40)28-11-12-29(39)38(31(28)41)16-21-4-8-25(9-5-21)45-18-20(2)32(42)43/h3-10,13-14,28H,2,11-12,15-18H2,1H3,(H,42,43)(H2,35,36,44). The van der Waals surface area contributed by atoms with E-state index in [1.807, 2.05) is 19.1 Å². The van der Waals surface area contributed by atoms with Gasteiger partial charge in [-0.15, -0.1) is 0 Å². The van der Waals surface area contributed by atoms with E-state index in [-0.39, 0.29) is 56.5 Å². The van der Waals surface area contributed by atoms with Crippen LogP contribution in [0.1, 0.15) is 45.5 Å². The fraction of sp³-hybridized carbons (Fsp3) is 0.242. The number of likely N-dealkylation sites (tertiary alicyclic amines) is 1. The van der Waals surface area contributed by atoms with E-state index < -0.39 is 23.9 Å². The maximum atomic E-state index is 13.5. The second-order valence-electron chi connectivity index (χ2n) is 10.9. The first-order valence-electron chi connectivity index (χ1n) is 14.2. The monoisotopic (exact) mass is 630 g/mol. The smallest absolute Gasteiger partial charge is 0.334 e. The van der Waals surface area contributed by atoms with Gasteiger partial charge in [-0.2, -0.15) is 0 Å². The summed E-state index contributed by atoms with van der Waals surface area (Å²) >= 11 is 6.13. The Kier molecular flexibility index (Phi) is 9.19. The van der Waals surface area contributed by atoms with Crippen molar-refractivity contribution in [3.05, 3.63) is 106 Å². The lowest BCUT2D eigenvalue weighted by Crippen LogP contribution is -2.54. The molecule has 3 aromatic carbocycles. The second kappa shape index (κ2) is 13.2. The van der Waals surface area contributed by atoms with Crippen LogP contribution < -0.4 is 15.4 Å². The first kappa shape index (κ1) is 31.3. The number of carboxylic acids is 1. The molecule has 0 aromatic heterocycles. The number of anilines is 1. The zero-order valence-corrected chi connectivity index (χ0v) is 25.2. The van der Waals surface area contributed by atoms with Crippen LogP contribution in [0, 0.1) is 6.92 Å². The van der Waals surface area contributed by atoms with Crippen molar-refractivity contribution in [3.8, 4) is 5.75 Å². The first-order valence-corrected chi connectivity index (χ1v) is 14.6. The number of aliphatic carboxylic acids is 1. The number of carboxylic acid groups (broad SMARTS) is 1. The third-order valence-corrected chi connectivity index (χ3v) is 8.13. The Morgan fingerprint density at radius 1 is 1.04 bits per heavy atom. The number of amides is 5. The normalized spacial score (nSPS) is 16.0. The number of hydrogen-bond donors (Lipinski definition) is 3. The van der Waals surface area contributed by atoms with Crippen LogP contribution in [0.5, 0.6) is 5.75 Å². The van der Waals surface area contributed by atoms with Crippen molar-refractivity contribution in [2.24, 2.45) is 0 Å². The fourth-order valence-electron chi connectivity index (χ4n) is 5.17. The summed E-state index contributed by atoms with van der Waals surface area (Å²) in [4.78, 5) is 65.6. The maximum absolute atomic E-state index is 13.5. The number of halogens is 1. The Balaban J connectivity index is 1.19. The quantitative estimate of drug-likeness (QED) is 0.218. The average Bonchev–Trinajstić information content (AvgIpc) is 3.34. The number of benzene rings is 3. The SMILES string of the molecule is C=C(COc1ccc(CN2C(=O)CCC(N3Cc4cc(CNC(=O)Nc5ccc(C)c(Cl)c5)ccc4C3=O)C2=O)cc1)C(=O)O. The number of rotatable bonds is 10. The molecule has 232 valence electrons. The van der Waals surface area contributed by atoms with Crippen LogP contribution in [-0.2, 0) is 34.0 Å². The highest BCUT2D eigenvalue weighted by Gasteiger charge is 2.42. The Morgan fingerprint density at radius 3 is 2.49 bits per heavy atom. The number of ether oxygens (including phenoxy) is 1. The molecule has 2 aliphatic rings. The number of hydrogen-bond acceptors (Lipinski definition) is 6. The molecule has 5 rings (SSSR count). The molecular formula is C33H31ClN4O7. The largest absolute Gasteiger partial charge is 0.489 e. The second-order valence-corrected chi connectivity index (χ2v) is 11.3. The molecule has 0 radical (unpaired) electrons. The van der Waals surface area contributed by atoms with Crippen molar-refractivity contribution in [1.29, 1.82) is 0 Å². The van der Waals surface area contributed by atoms with Crippen molar-refractivity contribution in [2.75, 3.05) is 11.9 Å². The van der Waals surface area contributed by atoms with E-state index in [4.69, 9.17) is 21.4 Å². The van der Waals surface area contributed by atoms with E-state index in [0.29, 0.717) is 27.6 Å². The lowest BCUT2D eigenvalue weighted by molar-refractivity contribution is -0.153. The third-order valence-electron chi connectivity index (χ3n) is 7.72. The van der Waals surface area contributed by atoms with E-state index in [2.05, 4.69) is 17.2 Å². The molecule has 3 N–H and O–H groups in total. The van der Waals surface area contributed by atoms with Crippen LogP contribution in [0.2, 0.25) is 5.02 Å². The van der Waals surface area contributed by atoms with Crippen molar-refractivity contribution in [2.45, 2.75) is 45.4 Å². The summed E-state index contributed by atoms with van der Waals surface area (Å²) in [5.41, 5.74) is 4.05. The maximum Gasteiger partial charge on any atom is 0.334 e. The van der Waals surface area contributed by atoms with Gasteiger partial charge in [0.25, 0.3) is 11.8 Å². The van der Waals surface area contributed by atoms with Crippen LogP contribution in [0.15, 0.2) is 72.8 Å². The Bertz CT molecular complexity index is 1710. The van der Waals surface area contributed by atoms with E-state index in [1.165, 1.54) is 9.80 Å². The number of carbonyl (C=O) groups excluding carboxylic acids is 4. The zero-order chi connectivity index (χ0) is 32.2. The van der Waals surface area contributed by atoms with Crippen LogP contribution in [0.25, 0.3) is 0 Å². The molecule has 11 nitrogen and oxygen atoms in total. The molecule has 1 saturated heterocycles. The molecule has 0 spiro atoms. The number of piperidine rings is 1. The van der Waals surface area contributed by atoms with E-state index in [0.717, 1.165) is 16.7 Å². The summed E-state index contributed by atoms with van der Waals surface area (Å²) in [6, 6.07) is 15.9. The van der Waals surface area contributed by atoms with Gasteiger partial charge in [-0.1, -0.05) is 48.5 Å². The van der Waals surface area contributed by atoms with E-state index in [9.17, 15) is 24.0 Å². The molecule has 0 aliphatic carbocycles. The molecule has 1 unspecified atom stereocenters. The van der Waals surface area contributed by atoms with Gasteiger partial charge in [0, 0.05) is 35.8 Å². The van der Waals surface area contributed by atoms with Gasteiger partial charge in [0.2, 0.25) is 5.91 Å². The Morgan fingerprint density at radius 2 is 1.78 bits per heavy atom. The molecule has 12 heteroatoms. The fourth-order valence-corrected chi connectivity index (χ4v) is 5.35. The van der Waals surface area contributed by atoms with Gasteiger partial charge in [0.05, 0.1) is 12.1 Å². The molecule has 1 fully saturated rings. The third kappa shape index (κ3) is 7.15. The summed E-state index contributed by atoms with van der Waals surface area (Å²) in [6.07, 6.45) is 0.344. The molecular weight excluding hydrogens is 600 g/mol. The topological polar surface area (TPSA) is 145 Å². The number of nitrogens with one attached hydrogen (secondary N) is 2. The highest BCUT2D eigenvalue weighted by molar-refractivity contribution is 6.31. The minimum absolute atomic E-state index is 0.0257. The Labute approximate surface area is 264 Å². The summed E-state index contributed by atoms with van der Waals surface area (Å²) in [6.45, 7) is 5.57. The molecule has 1 atom stereocenters. The van der Waals surface area contributed by atoms with Gasteiger partial charge in [-0.05, 0) is 65.9 Å².